The molecule has 1 spiro atoms. The van der Waals surface area contributed by atoms with Crippen molar-refractivity contribution in [3.8, 4) is 0 Å². The summed E-state index contributed by atoms with van der Waals surface area (Å²) in [6, 6.07) is 11.3. The zero-order valence-electron chi connectivity index (χ0n) is 12.6. The van der Waals surface area contributed by atoms with Crippen molar-refractivity contribution in [1.29, 1.82) is 0 Å². The van der Waals surface area contributed by atoms with Gasteiger partial charge in [-0.25, -0.2) is 0 Å². The van der Waals surface area contributed by atoms with Crippen molar-refractivity contribution >= 4 is 11.8 Å². The summed E-state index contributed by atoms with van der Waals surface area (Å²) in [5.74, 6) is 0. The number of benzene rings is 1. The summed E-state index contributed by atoms with van der Waals surface area (Å²) in [6.07, 6.45) is 8.34. The summed E-state index contributed by atoms with van der Waals surface area (Å²) >= 11 is 2.07. The lowest BCUT2D eigenvalue weighted by molar-refractivity contribution is -0.00587. The van der Waals surface area contributed by atoms with E-state index in [4.69, 9.17) is 0 Å². The zero-order valence-corrected chi connectivity index (χ0v) is 13.4. The maximum Gasteiger partial charge on any atom is 0.0611 e. The molecular formula is C18H25NOS. The summed E-state index contributed by atoms with van der Waals surface area (Å²) in [5.41, 5.74) is 0.149. The molecule has 1 aromatic rings. The molecule has 0 bridgehead atoms. The van der Waals surface area contributed by atoms with E-state index in [2.05, 4.69) is 47.4 Å². The lowest BCUT2D eigenvalue weighted by atomic mass is 9.63. The molecule has 4 atom stereocenters. The van der Waals surface area contributed by atoms with Crippen molar-refractivity contribution in [2.75, 3.05) is 6.54 Å². The topological polar surface area (TPSA) is 32.3 Å². The Kier molecular flexibility index (Phi) is 3.55. The normalized spacial score (nSPS) is 42.3. The number of nitrogens with one attached hydrogen (secondary N) is 1. The van der Waals surface area contributed by atoms with Gasteiger partial charge in [0.15, 0.2) is 0 Å². The largest absolute Gasteiger partial charge is 0.392 e. The van der Waals surface area contributed by atoms with Gasteiger partial charge in [0.05, 0.1) is 6.10 Å². The number of aliphatic hydroxyl groups excluding tert-OH is 1. The van der Waals surface area contributed by atoms with Crippen LogP contribution < -0.4 is 5.32 Å². The Hall–Kier alpha value is -0.510. The van der Waals surface area contributed by atoms with Gasteiger partial charge in [0.25, 0.3) is 0 Å². The van der Waals surface area contributed by atoms with Crippen molar-refractivity contribution in [2.24, 2.45) is 5.41 Å². The fourth-order valence-electron chi connectivity index (χ4n) is 5.21. The molecule has 4 rings (SSSR count). The fraction of sp³-hybridized carbons (Fsp3) is 0.667. The van der Waals surface area contributed by atoms with Gasteiger partial charge in [0.1, 0.15) is 0 Å². The Balaban J connectivity index is 1.67. The van der Waals surface area contributed by atoms with E-state index in [0.717, 1.165) is 13.0 Å². The number of aliphatic hydroxyl groups is 1. The van der Waals surface area contributed by atoms with Crippen LogP contribution in [0.2, 0.25) is 0 Å². The fourth-order valence-corrected chi connectivity index (χ4v) is 6.86. The predicted molar refractivity (Wildman–Crippen MR) is 87.6 cm³/mol. The molecule has 114 valence electrons. The van der Waals surface area contributed by atoms with Crippen LogP contribution in [-0.4, -0.2) is 28.5 Å². The first-order chi connectivity index (χ1) is 10.3. The minimum Gasteiger partial charge on any atom is -0.392 e. The SMILES string of the molecule is O[C@H]1CCC[C@]12CCC[C@]1(Sc3ccccc3)CCN[C@@H]12. The Morgan fingerprint density at radius 1 is 1.05 bits per heavy atom. The van der Waals surface area contributed by atoms with E-state index in [-0.39, 0.29) is 11.5 Å². The van der Waals surface area contributed by atoms with Crippen LogP contribution in [0.1, 0.15) is 44.9 Å². The van der Waals surface area contributed by atoms with Crippen LogP contribution in [-0.2, 0) is 0 Å². The third-order valence-electron chi connectivity index (χ3n) is 6.09. The van der Waals surface area contributed by atoms with Crippen molar-refractivity contribution in [3.63, 3.8) is 0 Å². The van der Waals surface area contributed by atoms with E-state index in [0.29, 0.717) is 10.8 Å². The standard InChI is InChI=1S/C18H25NOS/c20-15-8-4-9-17(15)10-5-11-18(12-13-19-16(17)18)21-14-6-2-1-3-7-14/h1-3,6-7,15-16,19-20H,4-5,8-13H2/t15-,16+,17-,18-/m0/s1. The molecule has 3 aliphatic rings. The average molecular weight is 303 g/mol. The molecule has 3 fully saturated rings. The molecule has 2 N–H and O–H groups in total. The summed E-state index contributed by atoms with van der Waals surface area (Å²) in [5, 5.41) is 14.5. The van der Waals surface area contributed by atoms with Gasteiger partial charge < -0.3 is 10.4 Å². The third kappa shape index (κ3) is 2.16. The van der Waals surface area contributed by atoms with E-state index in [1.54, 1.807) is 0 Å². The van der Waals surface area contributed by atoms with Crippen molar-refractivity contribution in [3.05, 3.63) is 30.3 Å². The summed E-state index contributed by atoms with van der Waals surface area (Å²) in [7, 11) is 0. The molecule has 21 heavy (non-hydrogen) atoms. The molecular weight excluding hydrogens is 278 g/mol. The Labute approximate surface area is 131 Å². The van der Waals surface area contributed by atoms with Gasteiger partial charge in [-0.1, -0.05) is 31.0 Å². The van der Waals surface area contributed by atoms with E-state index in [1.165, 1.54) is 43.4 Å². The van der Waals surface area contributed by atoms with Gasteiger partial charge in [-0.15, -0.1) is 11.8 Å². The number of hydrogen-bond donors (Lipinski definition) is 2. The van der Waals surface area contributed by atoms with Crippen LogP contribution in [0.25, 0.3) is 0 Å². The minimum absolute atomic E-state index is 0.0934. The Bertz CT molecular complexity index is 507. The second-order valence-corrected chi connectivity index (χ2v) is 8.60. The van der Waals surface area contributed by atoms with Crippen LogP contribution in [0.3, 0.4) is 0 Å². The lowest BCUT2D eigenvalue weighted by Gasteiger charge is -2.51. The monoisotopic (exact) mass is 303 g/mol. The molecule has 3 heteroatoms. The Morgan fingerprint density at radius 2 is 1.86 bits per heavy atom. The number of rotatable bonds is 2. The van der Waals surface area contributed by atoms with Crippen LogP contribution >= 0.6 is 11.8 Å². The number of thioether (sulfide) groups is 1. The molecule has 1 aromatic carbocycles. The van der Waals surface area contributed by atoms with Crippen LogP contribution in [0, 0.1) is 5.41 Å². The highest BCUT2D eigenvalue weighted by Gasteiger charge is 2.60. The van der Waals surface area contributed by atoms with E-state index in [9.17, 15) is 5.11 Å². The van der Waals surface area contributed by atoms with Crippen LogP contribution in [0.15, 0.2) is 35.2 Å². The number of fused-ring (bicyclic) bond motifs is 2. The maximum atomic E-state index is 10.7. The van der Waals surface area contributed by atoms with Gasteiger partial charge in [-0.05, 0) is 50.8 Å². The minimum atomic E-state index is -0.0934. The molecule has 2 saturated carbocycles. The highest BCUT2D eigenvalue weighted by molar-refractivity contribution is 8.00. The van der Waals surface area contributed by atoms with Crippen LogP contribution in [0.5, 0.6) is 0 Å². The molecule has 0 amide bonds. The molecule has 1 heterocycles. The number of hydrogen-bond acceptors (Lipinski definition) is 3. The first-order valence-electron chi connectivity index (χ1n) is 8.41. The molecule has 0 radical (unpaired) electrons. The van der Waals surface area contributed by atoms with Crippen molar-refractivity contribution < 1.29 is 5.11 Å². The molecule has 0 aromatic heterocycles. The van der Waals surface area contributed by atoms with E-state index >= 15 is 0 Å². The quantitative estimate of drug-likeness (QED) is 0.875. The zero-order chi connectivity index (χ0) is 14.3. The lowest BCUT2D eigenvalue weighted by Crippen LogP contribution is -2.58. The van der Waals surface area contributed by atoms with Gasteiger partial charge in [-0.3, -0.25) is 0 Å². The molecule has 1 aliphatic heterocycles. The summed E-state index contributed by atoms with van der Waals surface area (Å²) < 4.78 is 0.297. The second-order valence-electron chi connectivity index (χ2n) is 7.11. The van der Waals surface area contributed by atoms with Gasteiger partial charge in [0, 0.05) is 21.1 Å². The average Bonchev–Trinajstić information content (AvgIpc) is 3.07. The highest BCUT2D eigenvalue weighted by Crippen LogP contribution is 2.59. The first-order valence-corrected chi connectivity index (χ1v) is 9.22. The van der Waals surface area contributed by atoms with Crippen LogP contribution in [0.4, 0.5) is 0 Å². The maximum absolute atomic E-state index is 10.7. The molecule has 1 saturated heterocycles. The predicted octanol–water partition coefficient (Wildman–Crippen LogP) is 3.59. The molecule has 2 nitrogen and oxygen atoms in total. The summed E-state index contributed by atoms with van der Waals surface area (Å²) in [6.45, 7) is 1.11. The van der Waals surface area contributed by atoms with Gasteiger partial charge >= 0.3 is 0 Å². The molecule has 2 aliphatic carbocycles. The van der Waals surface area contributed by atoms with E-state index < -0.39 is 0 Å². The second kappa shape index (κ2) is 5.29. The van der Waals surface area contributed by atoms with Crippen molar-refractivity contribution in [1.82, 2.24) is 5.32 Å². The van der Waals surface area contributed by atoms with Gasteiger partial charge in [0.2, 0.25) is 0 Å². The molecule has 0 unspecified atom stereocenters. The smallest absolute Gasteiger partial charge is 0.0611 e. The first kappa shape index (κ1) is 14.1. The van der Waals surface area contributed by atoms with Crippen molar-refractivity contribution in [2.45, 2.75) is 66.7 Å². The van der Waals surface area contributed by atoms with E-state index in [1.807, 2.05) is 0 Å². The third-order valence-corrected chi connectivity index (χ3v) is 7.65. The Morgan fingerprint density at radius 3 is 2.62 bits per heavy atom. The highest BCUT2D eigenvalue weighted by atomic mass is 32.2. The van der Waals surface area contributed by atoms with Gasteiger partial charge in [-0.2, -0.15) is 0 Å². The summed E-state index contributed by atoms with van der Waals surface area (Å²) in [4.78, 5) is 1.38.